The molecule has 0 spiro atoms. The number of aromatic nitrogens is 2. The van der Waals surface area contributed by atoms with Crippen LogP contribution in [-0.2, 0) is 19.1 Å². The van der Waals surface area contributed by atoms with Gasteiger partial charge in [0.15, 0.2) is 5.96 Å². The van der Waals surface area contributed by atoms with Gasteiger partial charge in [0.25, 0.3) is 0 Å². The summed E-state index contributed by atoms with van der Waals surface area (Å²) in [6.45, 7) is 3.58. The summed E-state index contributed by atoms with van der Waals surface area (Å²) in [5, 5.41) is 6.36. The molecule has 0 saturated carbocycles. The summed E-state index contributed by atoms with van der Waals surface area (Å²) in [5.41, 5.74) is 1.93. The fourth-order valence-electron chi connectivity index (χ4n) is 2.73. The number of rotatable bonds is 6. The summed E-state index contributed by atoms with van der Waals surface area (Å²) < 4.78 is 39.9. The van der Waals surface area contributed by atoms with Crippen LogP contribution in [0.5, 0.6) is 0 Å². The SMILES string of the molecule is CCNC(=NCc1ccc(C(F)(F)F)cc1)NCCc1cn2ccccc2n1. The highest BCUT2D eigenvalue weighted by Gasteiger charge is 2.29. The molecule has 28 heavy (non-hydrogen) atoms. The summed E-state index contributed by atoms with van der Waals surface area (Å²) >= 11 is 0. The van der Waals surface area contributed by atoms with Crippen LogP contribution in [-0.4, -0.2) is 28.4 Å². The lowest BCUT2D eigenvalue weighted by molar-refractivity contribution is -0.137. The van der Waals surface area contributed by atoms with E-state index in [2.05, 4.69) is 20.6 Å². The molecule has 0 atom stereocenters. The number of fused-ring (bicyclic) bond motifs is 1. The van der Waals surface area contributed by atoms with Crippen LogP contribution in [0.15, 0.2) is 59.9 Å². The highest BCUT2D eigenvalue weighted by molar-refractivity contribution is 5.79. The quantitative estimate of drug-likeness (QED) is 0.500. The summed E-state index contributed by atoms with van der Waals surface area (Å²) in [5.74, 6) is 0.617. The van der Waals surface area contributed by atoms with Crippen LogP contribution in [0, 0.1) is 0 Å². The van der Waals surface area contributed by atoms with Crippen molar-refractivity contribution in [1.82, 2.24) is 20.0 Å². The van der Waals surface area contributed by atoms with E-state index in [1.807, 2.05) is 41.9 Å². The Morgan fingerprint density at radius 3 is 2.57 bits per heavy atom. The molecule has 5 nitrogen and oxygen atoms in total. The van der Waals surface area contributed by atoms with Crippen LogP contribution in [0.3, 0.4) is 0 Å². The Balaban J connectivity index is 1.56. The third-order valence-electron chi connectivity index (χ3n) is 4.13. The lowest BCUT2D eigenvalue weighted by atomic mass is 10.1. The largest absolute Gasteiger partial charge is 0.416 e. The molecule has 0 fully saturated rings. The minimum atomic E-state index is -4.32. The summed E-state index contributed by atoms with van der Waals surface area (Å²) in [6.07, 6.45) is 0.348. The van der Waals surface area contributed by atoms with Gasteiger partial charge < -0.3 is 15.0 Å². The van der Waals surface area contributed by atoms with Crippen molar-refractivity contribution in [2.45, 2.75) is 26.1 Å². The monoisotopic (exact) mass is 389 g/mol. The number of nitrogens with one attached hydrogen (secondary N) is 2. The number of halogens is 3. The van der Waals surface area contributed by atoms with E-state index in [-0.39, 0.29) is 0 Å². The van der Waals surface area contributed by atoms with Gasteiger partial charge in [0.05, 0.1) is 17.8 Å². The molecule has 3 rings (SSSR count). The van der Waals surface area contributed by atoms with Gasteiger partial charge in [-0.15, -0.1) is 0 Å². The lowest BCUT2D eigenvalue weighted by Crippen LogP contribution is -2.38. The topological polar surface area (TPSA) is 53.7 Å². The minimum absolute atomic E-state index is 0.293. The van der Waals surface area contributed by atoms with Gasteiger partial charge in [0.2, 0.25) is 0 Å². The number of alkyl halides is 3. The van der Waals surface area contributed by atoms with Crippen molar-refractivity contribution in [3.8, 4) is 0 Å². The highest BCUT2D eigenvalue weighted by atomic mass is 19.4. The van der Waals surface area contributed by atoms with Gasteiger partial charge in [-0.25, -0.2) is 9.98 Å². The molecule has 3 aromatic rings. The average Bonchev–Trinajstić information content (AvgIpc) is 3.08. The van der Waals surface area contributed by atoms with Crippen molar-refractivity contribution < 1.29 is 13.2 Å². The normalized spacial score (nSPS) is 12.4. The van der Waals surface area contributed by atoms with Crippen molar-refractivity contribution in [3.05, 3.63) is 71.7 Å². The third-order valence-corrected chi connectivity index (χ3v) is 4.13. The van der Waals surface area contributed by atoms with Crippen molar-refractivity contribution >= 4 is 11.6 Å². The first-order valence-electron chi connectivity index (χ1n) is 9.06. The van der Waals surface area contributed by atoms with Gasteiger partial charge in [0, 0.05) is 31.9 Å². The molecule has 0 bridgehead atoms. The Morgan fingerprint density at radius 2 is 1.89 bits per heavy atom. The molecule has 0 saturated heterocycles. The van der Waals surface area contributed by atoms with Crippen LogP contribution >= 0.6 is 0 Å². The summed E-state index contributed by atoms with van der Waals surface area (Å²) in [6, 6.07) is 10.9. The number of nitrogens with zero attached hydrogens (tertiary/aromatic N) is 3. The van der Waals surface area contributed by atoms with Crippen molar-refractivity contribution in [1.29, 1.82) is 0 Å². The summed E-state index contributed by atoms with van der Waals surface area (Å²) in [7, 11) is 0. The van der Waals surface area contributed by atoms with Crippen LogP contribution < -0.4 is 10.6 Å². The number of guanidine groups is 1. The second kappa shape index (κ2) is 8.77. The van der Waals surface area contributed by atoms with Gasteiger partial charge in [-0.05, 0) is 36.8 Å². The predicted octanol–water partition coefficient (Wildman–Crippen LogP) is 3.65. The predicted molar refractivity (Wildman–Crippen MR) is 103 cm³/mol. The zero-order valence-corrected chi connectivity index (χ0v) is 15.5. The smallest absolute Gasteiger partial charge is 0.357 e. The summed E-state index contributed by atoms with van der Waals surface area (Å²) in [4.78, 5) is 8.99. The minimum Gasteiger partial charge on any atom is -0.357 e. The molecule has 2 aromatic heterocycles. The third kappa shape index (κ3) is 5.25. The van der Waals surface area contributed by atoms with Crippen molar-refractivity contribution in [2.75, 3.05) is 13.1 Å². The second-order valence-electron chi connectivity index (χ2n) is 6.26. The first kappa shape index (κ1) is 19.7. The molecule has 0 amide bonds. The molecule has 0 aliphatic carbocycles. The average molecular weight is 389 g/mol. The van der Waals surface area contributed by atoms with E-state index in [4.69, 9.17) is 0 Å². The molecule has 0 radical (unpaired) electrons. The van der Waals surface area contributed by atoms with E-state index in [0.29, 0.717) is 31.2 Å². The number of pyridine rings is 1. The van der Waals surface area contributed by atoms with E-state index in [1.54, 1.807) is 0 Å². The number of benzene rings is 1. The Labute approximate surface area is 161 Å². The molecule has 0 aliphatic rings. The van der Waals surface area contributed by atoms with Crippen molar-refractivity contribution in [2.24, 2.45) is 4.99 Å². The van der Waals surface area contributed by atoms with E-state index in [0.717, 1.165) is 29.9 Å². The van der Waals surface area contributed by atoms with E-state index in [9.17, 15) is 13.2 Å². The van der Waals surface area contributed by atoms with E-state index < -0.39 is 11.7 Å². The zero-order chi connectivity index (χ0) is 20.0. The molecular weight excluding hydrogens is 367 g/mol. The number of imidazole rings is 1. The van der Waals surface area contributed by atoms with Crippen molar-refractivity contribution in [3.63, 3.8) is 0 Å². The number of aliphatic imine (C=N–C) groups is 1. The Bertz CT molecular complexity index is 896. The standard InChI is InChI=1S/C20H22F3N5/c1-2-24-19(26-13-15-6-8-16(9-7-15)20(21,22)23)25-11-10-17-14-28-12-4-3-5-18(28)27-17/h3-9,12,14H,2,10-11,13H2,1H3,(H2,24,25,26). The van der Waals surface area contributed by atoms with Gasteiger partial charge in [-0.2, -0.15) is 13.2 Å². The molecule has 8 heteroatoms. The van der Waals surface area contributed by atoms with Crippen LogP contribution in [0.2, 0.25) is 0 Å². The maximum Gasteiger partial charge on any atom is 0.416 e. The highest BCUT2D eigenvalue weighted by Crippen LogP contribution is 2.29. The fraction of sp³-hybridized carbons (Fsp3) is 0.300. The van der Waals surface area contributed by atoms with Gasteiger partial charge >= 0.3 is 6.18 Å². The molecule has 148 valence electrons. The Hall–Kier alpha value is -3.03. The Kier molecular flexibility index (Phi) is 6.18. The number of hydrogen-bond donors (Lipinski definition) is 2. The van der Waals surface area contributed by atoms with Crippen LogP contribution in [0.25, 0.3) is 5.65 Å². The molecule has 2 heterocycles. The van der Waals surface area contributed by atoms with Gasteiger partial charge in [-0.1, -0.05) is 18.2 Å². The molecule has 2 N–H and O–H groups in total. The van der Waals surface area contributed by atoms with Gasteiger partial charge in [0.1, 0.15) is 5.65 Å². The lowest BCUT2D eigenvalue weighted by Gasteiger charge is -2.11. The van der Waals surface area contributed by atoms with E-state index in [1.165, 1.54) is 12.1 Å². The second-order valence-corrected chi connectivity index (χ2v) is 6.26. The molecular formula is C20H22F3N5. The van der Waals surface area contributed by atoms with E-state index >= 15 is 0 Å². The Morgan fingerprint density at radius 1 is 1.11 bits per heavy atom. The maximum absolute atomic E-state index is 12.6. The maximum atomic E-state index is 12.6. The van der Waals surface area contributed by atoms with Crippen LogP contribution in [0.4, 0.5) is 13.2 Å². The fourth-order valence-corrected chi connectivity index (χ4v) is 2.73. The first-order valence-corrected chi connectivity index (χ1v) is 9.06. The molecule has 1 aromatic carbocycles. The zero-order valence-electron chi connectivity index (χ0n) is 15.5. The number of hydrogen-bond acceptors (Lipinski definition) is 2. The van der Waals surface area contributed by atoms with Crippen LogP contribution in [0.1, 0.15) is 23.7 Å². The molecule has 0 aliphatic heterocycles. The van der Waals surface area contributed by atoms with Gasteiger partial charge in [-0.3, -0.25) is 0 Å². The first-order chi connectivity index (χ1) is 13.5. The molecule has 0 unspecified atom stereocenters.